The molecule has 7 rings (SSSR count). The lowest BCUT2D eigenvalue weighted by Gasteiger charge is -2.63. The quantitative estimate of drug-likeness (QED) is 0.629. The van der Waals surface area contributed by atoms with Crippen molar-refractivity contribution in [2.75, 3.05) is 26.2 Å². The van der Waals surface area contributed by atoms with Crippen molar-refractivity contribution in [1.29, 1.82) is 5.26 Å². The molecule has 1 aromatic heterocycles. The molecule has 5 fully saturated rings. The molecule has 2 amide bonds. The summed E-state index contributed by atoms with van der Waals surface area (Å²) in [4.78, 5) is 21.5. The lowest BCUT2D eigenvalue weighted by atomic mass is 9.56. The van der Waals surface area contributed by atoms with Crippen molar-refractivity contribution < 1.29 is 18.0 Å². The van der Waals surface area contributed by atoms with E-state index in [0.717, 1.165) is 88.0 Å². The SMILES string of the molecule is N#Cc1cc(CC2CC3(C2)CN(C(=O)N2CC4(CC(c5nc(C6(N)CC6)n[nH]5)C4)C2)C3)ccc1C(F)(F)F. The molecule has 38 heavy (non-hydrogen) atoms. The number of benzene rings is 1. The number of aromatic amines is 1. The van der Waals surface area contributed by atoms with E-state index < -0.39 is 11.7 Å². The van der Waals surface area contributed by atoms with Crippen molar-refractivity contribution in [3.63, 3.8) is 0 Å². The molecular formula is C27H30F3N7O. The summed E-state index contributed by atoms with van der Waals surface area (Å²) in [5.41, 5.74) is 5.80. The van der Waals surface area contributed by atoms with Crippen molar-refractivity contribution >= 4 is 6.03 Å². The molecule has 200 valence electrons. The van der Waals surface area contributed by atoms with Crippen molar-refractivity contribution in [1.82, 2.24) is 25.0 Å². The molecule has 0 atom stereocenters. The maximum atomic E-state index is 13.0. The van der Waals surface area contributed by atoms with Gasteiger partial charge in [0.25, 0.3) is 0 Å². The number of nitrogens with one attached hydrogen (secondary N) is 1. The second-order valence-corrected chi connectivity index (χ2v) is 12.8. The Morgan fingerprint density at radius 2 is 1.74 bits per heavy atom. The summed E-state index contributed by atoms with van der Waals surface area (Å²) in [6.07, 6.45) is 2.00. The summed E-state index contributed by atoms with van der Waals surface area (Å²) in [6, 6.07) is 5.68. The lowest BCUT2D eigenvalue weighted by molar-refractivity contribution is -0.137. The Morgan fingerprint density at radius 1 is 1.11 bits per heavy atom. The molecule has 2 saturated heterocycles. The number of hydrogen-bond donors (Lipinski definition) is 2. The van der Waals surface area contributed by atoms with E-state index in [-0.39, 0.29) is 28.0 Å². The largest absolute Gasteiger partial charge is 0.417 e. The van der Waals surface area contributed by atoms with Gasteiger partial charge < -0.3 is 15.5 Å². The second-order valence-electron chi connectivity index (χ2n) is 12.8. The molecule has 3 aliphatic carbocycles. The van der Waals surface area contributed by atoms with Crippen LogP contribution in [0.25, 0.3) is 0 Å². The Kier molecular flexibility index (Phi) is 4.86. The first-order chi connectivity index (χ1) is 18.0. The third-order valence-corrected chi connectivity index (χ3v) is 9.61. The first kappa shape index (κ1) is 23.9. The lowest BCUT2D eigenvalue weighted by Crippen LogP contribution is -2.70. The van der Waals surface area contributed by atoms with Crippen LogP contribution in [0.1, 0.15) is 72.8 Å². The number of rotatable bonds is 4. The van der Waals surface area contributed by atoms with Gasteiger partial charge >= 0.3 is 12.2 Å². The van der Waals surface area contributed by atoms with E-state index in [1.54, 1.807) is 6.07 Å². The van der Waals surface area contributed by atoms with Gasteiger partial charge in [-0.25, -0.2) is 9.78 Å². The topological polar surface area (TPSA) is 115 Å². The summed E-state index contributed by atoms with van der Waals surface area (Å²) in [5.74, 6) is 2.40. The third-order valence-electron chi connectivity index (χ3n) is 9.61. The van der Waals surface area contributed by atoms with Crippen molar-refractivity contribution in [2.24, 2.45) is 22.5 Å². The normalized spacial score (nSPS) is 24.8. The van der Waals surface area contributed by atoms with Crippen molar-refractivity contribution in [3.8, 4) is 6.07 Å². The van der Waals surface area contributed by atoms with Crippen molar-refractivity contribution in [3.05, 3.63) is 46.5 Å². The van der Waals surface area contributed by atoms with E-state index >= 15 is 0 Å². The minimum atomic E-state index is -4.52. The van der Waals surface area contributed by atoms with Gasteiger partial charge in [-0.2, -0.15) is 23.5 Å². The summed E-state index contributed by atoms with van der Waals surface area (Å²) in [5, 5.41) is 16.5. The van der Waals surface area contributed by atoms with E-state index in [0.29, 0.717) is 18.3 Å². The van der Waals surface area contributed by atoms with Crippen LogP contribution in [0.5, 0.6) is 0 Å². The van der Waals surface area contributed by atoms with Crippen LogP contribution in [0.2, 0.25) is 0 Å². The zero-order valence-electron chi connectivity index (χ0n) is 21.0. The number of urea groups is 1. The zero-order chi connectivity index (χ0) is 26.5. The highest BCUT2D eigenvalue weighted by Gasteiger charge is 2.59. The number of halogens is 3. The average Bonchev–Trinajstić information content (AvgIpc) is 3.32. The number of nitrogens with zero attached hydrogens (tertiary/aromatic N) is 5. The van der Waals surface area contributed by atoms with Gasteiger partial charge in [-0.05, 0) is 68.6 Å². The summed E-state index contributed by atoms with van der Waals surface area (Å²) in [7, 11) is 0. The van der Waals surface area contributed by atoms with E-state index in [4.69, 9.17) is 11.0 Å². The fourth-order valence-corrected chi connectivity index (χ4v) is 7.43. The molecule has 2 spiro atoms. The first-order valence-electron chi connectivity index (χ1n) is 13.3. The number of amides is 2. The van der Waals surface area contributed by atoms with Gasteiger partial charge in [-0.15, -0.1) is 0 Å². The summed E-state index contributed by atoms with van der Waals surface area (Å²) < 4.78 is 39.1. The number of aromatic nitrogens is 3. The fourth-order valence-electron chi connectivity index (χ4n) is 7.43. The molecular weight excluding hydrogens is 495 g/mol. The average molecular weight is 526 g/mol. The Labute approximate surface area is 218 Å². The number of H-pyrrole nitrogens is 1. The smallest absolute Gasteiger partial charge is 0.323 e. The third kappa shape index (κ3) is 3.79. The number of likely N-dealkylation sites (tertiary alicyclic amines) is 2. The highest BCUT2D eigenvalue weighted by Crippen LogP contribution is 2.57. The Bertz CT molecular complexity index is 1330. The molecule has 11 heteroatoms. The van der Waals surface area contributed by atoms with Crippen LogP contribution < -0.4 is 5.73 Å². The van der Waals surface area contributed by atoms with Crippen LogP contribution >= 0.6 is 0 Å². The Morgan fingerprint density at radius 3 is 2.32 bits per heavy atom. The molecule has 2 aliphatic heterocycles. The van der Waals surface area contributed by atoms with Crippen LogP contribution in [-0.4, -0.2) is 57.2 Å². The van der Waals surface area contributed by atoms with Gasteiger partial charge in [-0.3, -0.25) is 5.10 Å². The Hall–Kier alpha value is -3.13. The summed E-state index contributed by atoms with van der Waals surface area (Å²) >= 11 is 0. The number of hydrogen-bond acceptors (Lipinski definition) is 5. The van der Waals surface area contributed by atoms with Gasteiger partial charge in [0.2, 0.25) is 0 Å². The molecule has 1 aromatic carbocycles. The predicted octanol–water partition coefficient (Wildman–Crippen LogP) is 3.90. The second kappa shape index (κ2) is 7.72. The Balaban J connectivity index is 0.855. The van der Waals surface area contributed by atoms with E-state index in [1.165, 1.54) is 12.1 Å². The standard InChI is InChI=1S/C27H30F3N7O/c28-27(29,30)20-2-1-16(6-18(20)11-31)5-17-7-24(8-17)12-36(13-24)23(38)37-14-25(15-37)9-19(10-25)21-33-22(35-34-21)26(32)3-4-26/h1-2,6,17,19H,3-5,7-10,12-15,32H2,(H,33,34,35). The molecule has 8 nitrogen and oxygen atoms in total. The number of nitrogens with two attached hydrogens (primary N) is 1. The van der Waals surface area contributed by atoms with Gasteiger partial charge in [0.1, 0.15) is 5.82 Å². The van der Waals surface area contributed by atoms with Crippen LogP contribution in [-0.2, 0) is 18.1 Å². The minimum Gasteiger partial charge on any atom is -0.323 e. The maximum Gasteiger partial charge on any atom is 0.417 e. The number of alkyl halides is 3. The molecule has 0 bridgehead atoms. The van der Waals surface area contributed by atoms with Crippen molar-refractivity contribution in [2.45, 2.75) is 62.6 Å². The van der Waals surface area contributed by atoms with E-state index in [9.17, 15) is 18.0 Å². The molecule has 3 N–H and O–H groups in total. The van der Waals surface area contributed by atoms with Crippen LogP contribution in [0.4, 0.5) is 18.0 Å². The molecule has 0 radical (unpaired) electrons. The highest BCUT2D eigenvalue weighted by atomic mass is 19.4. The number of carbonyl (C=O) groups excluding carboxylic acids is 1. The van der Waals surface area contributed by atoms with Crippen LogP contribution in [0.3, 0.4) is 0 Å². The molecule has 0 unspecified atom stereocenters. The van der Waals surface area contributed by atoms with Gasteiger partial charge in [0, 0.05) is 42.9 Å². The van der Waals surface area contributed by atoms with Gasteiger partial charge in [-0.1, -0.05) is 6.07 Å². The highest BCUT2D eigenvalue weighted by molar-refractivity contribution is 5.77. The zero-order valence-corrected chi connectivity index (χ0v) is 21.0. The molecule has 5 aliphatic rings. The van der Waals surface area contributed by atoms with Crippen LogP contribution in [0, 0.1) is 28.1 Å². The minimum absolute atomic E-state index is 0.121. The van der Waals surface area contributed by atoms with Gasteiger partial charge in [0.15, 0.2) is 5.82 Å². The van der Waals surface area contributed by atoms with Crippen LogP contribution in [0.15, 0.2) is 18.2 Å². The molecule has 3 saturated carbocycles. The monoisotopic (exact) mass is 525 g/mol. The fraction of sp³-hybridized carbons (Fsp3) is 0.630. The molecule has 2 aromatic rings. The first-order valence-corrected chi connectivity index (χ1v) is 13.3. The van der Waals surface area contributed by atoms with Gasteiger partial charge in [0.05, 0.1) is 22.7 Å². The number of carbonyl (C=O) groups is 1. The van der Waals surface area contributed by atoms with E-state index in [2.05, 4.69) is 15.2 Å². The molecule has 3 heterocycles. The number of nitriles is 1. The van der Waals surface area contributed by atoms with E-state index in [1.807, 2.05) is 9.80 Å². The maximum absolute atomic E-state index is 13.0. The summed E-state index contributed by atoms with van der Waals surface area (Å²) in [6.45, 7) is 3.11. The predicted molar refractivity (Wildman–Crippen MR) is 129 cm³/mol.